The van der Waals surface area contributed by atoms with Gasteiger partial charge in [0.25, 0.3) is 5.91 Å². The Morgan fingerprint density at radius 1 is 0.806 bits per heavy atom. The van der Waals surface area contributed by atoms with Crippen LogP contribution in [0.3, 0.4) is 0 Å². The molecule has 67 heavy (non-hydrogen) atoms. The summed E-state index contributed by atoms with van der Waals surface area (Å²) in [7, 11) is 4.18. The van der Waals surface area contributed by atoms with Gasteiger partial charge in [0.2, 0.25) is 5.91 Å². The van der Waals surface area contributed by atoms with E-state index in [-0.39, 0.29) is 29.7 Å². The first-order valence-electron chi connectivity index (χ1n) is 22.8. The standard InChI is InChI=1S/C51H62N8O8/c1-11-30(5)59(49(61)43(28(2)3)56-50(62)65-9)32(7)47-53-40-20-18-34-22-39-37-19-17-35(21-36(37)27-67-42(39)23-38(34)45(40)55-47)41-24-52-46(54-41)31(6)58(25-29(4)26-64-8)48(60)44(57-51(63)66-10)33-15-13-12-14-16-33/h12-24,28-32,43-44H,11,25-27H2,1-10H3,(H,52,54)(H,53,55)(H,56,62)(H,57,63)/t29-,30-,31-,32-,43-,44-/m0/s1. The van der Waals surface area contributed by atoms with E-state index in [4.69, 9.17) is 28.9 Å². The lowest BCUT2D eigenvalue weighted by Crippen LogP contribution is -2.54. The SMILES string of the molecule is CC[C@H](C)N(C(=O)[C@@H](NC(=O)OC)C(C)C)[C@@H](C)c1nc2c(ccc3cc4c(cc32)OCc2cc(-c3cnc([C@H](C)N(C[C@H](C)COC)C(=O)[C@@H](NC(=O)OC)c5ccccc5)[nH]3)ccc2-4)[nH]1. The van der Waals surface area contributed by atoms with Crippen molar-refractivity contribution in [1.82, 2.24) is 40.4 Å². The Bertz CT molecular complexity index is 2730. The minimum Gasteiger partial charge on any atom is -0.488 e. The maximum atomic E-state index is 14.4. The van der Waals surface area contributed by atoms with E-state index in [1.54, 1.807) is 35.2 Å². The number of carbonyl (C=O) groups is 4. The summed E-state index contributed by atoms with van der Waals surface area (Å²) in [5.74, 6) is 1.26. The number of carbonyl (C=O) groups excluding carboxylic acids is 4. The van der Waals surface area contributed by atoms with Crippen molar-refractivity contribution < 1.29 is 38.1 Å². The Morgan fingerprint density at radius 2 is 1.54 bits per heavy atom. The van der Waals surface area contributed by atoms with Gasteiger partial charge in [0.15, 0.2) is 0 Å². The number of fused-ring (bicyclic) bond motifs is 6. The zero-order valence-electron chi connectivity index (χ0n) is 39.9. The van der Waals surface area contributed by atoms with Crippen LogP contribution in [-0.2, 0) is 30.4 Å². The van der Waals surface area contributed by atoms with Crippen LogP contribution in [0.25, 0.3) is 44.2 Å². The number of nitrogens with zero attached hydrogens (tertiary/aromatic N) is 4. The molecule has 4 amide bonds. The summed E-state index contributed by atoms with van der Waals surface area (Å²) in [5, 5.41) is 7.37. The molecule has 6 atom stereocenters. The molecule has 3 heterocycles. The number of ether oxygens (including phenoxy) is 4. The van der Waals surface area contributed by atoms with E-state index < -0.39 is 36.4 Å². The van der Waals surface area contributed by atoms with Crippen molar-refractivity contribution in [2.75, 3.05) is 34.5 Å². The van der Waals surface area contributed by atoms with Gasteiger partial charge in [-0.15, -0.1) is 0 Å². The fraction of sp³-hybridized carbons (Fsp3) is 0.412. The normalized spacial score (nSPS) is 14.7. The molecular weight excluding hydrogens is 853 g/mol. The van der Waals surface area contributed by atoms with E-state index >= 15 is 0 Å². The summed E-state index contributed by atoms with van der Waals surface area (Å²) >= 11 is 0. The number of hydrogen-bond donors (Lipinski definition) is 4. The second-order valence-corrected chi connectivity index (χ2v) is 17.7. The van der Waals surface area contributed by atoms with Gasteiger partial charge < -0.3 is 49.3 Å². The summed E-state index contributed by atoms with van der Waals surface area (Å²) in [5.41, 5.74) is 6.92. The number of alkyl carbamates (subject to hydrolysis) is 2. The predicted molar refractivity (Wildman–Crippen MR) is 256 cm³/mol. The molecule has 1 aliphatic rings. The average molecular weight is 915 g/mol. The van der Waals surface area contributed by atoms with Crippen molar-refractivity contribution in [2.45, 2.75) is 91.7 Å². The molecule has 0 aliphatic carbocycles. The molecule has 0 bridgehead atoms. The van der Waals surface area contributed by atoms with Crippen LogP contribution >= 0.6 is 0 Å². The van der Waals surface area contributed by atoms with E-state index in [0.717, 1.165) is 55.5 Å². The number of benzene rings is 4. The molecule has 16 heteroatoms. The second kappa shape index (κ2) is 20.7. The number of amides is 4. The van der Waals surface area contributed by atoms with Gasteiger partial charge >= 0.3 is 12.2 Å². The molecule has 2 aromatic heterocycles. The summed E-state index contributed by atoms with van der Waals surface area (Å²) in [6.07, 6.45) is 1.11. The van der Waals surface area contributed by atoms with Crippen LogP contribution < -0.4 is 15.4 Å². The van der Waals surface area contributed by atoms with Gasteiger partial charge in [0.05, 0.1) is 55.8 Å². The van der Waals surface area contributed by atoms with Gasteiger partial charge in [-0.2, -0.15) is 0 Å². The molecule has 0 fully saturated rings. The van der Waals surface area contributed by atoms with Crippen molar-refractivity contribution in [3.8, 4) is 28.1 Å². The van der Waals surface area contributed by atoms with Crippen LogP contribution in [0.1, 0.15) is 95.8 Å². The number of H-pyrrole nitrogens is 2. The van der Waals surface area contributed by atoms with Gasteiger partial charge in [-0.25, -0.2) is 19.6 Å². The third-order valence-electron chi connectivity index (χ3n) is 12.7. The summed E-state index contributed by atoms with van der Waals surface area (Å²) < 4.78 is 21.6. The molecule has 4 aromatic carbocycles. The molecule has 354 valence electrons. The number of imidazole rings is 2. The van der Waals surface area contributed by atoms with Crippen molar-refractivity contribution in [2.24, 2.45) is 11.8 Å². The second-order valence-electron chi connectivity index (χ2n) is 17.7. The minimum absolute atomic E-state index is 0.0166. The third-order valence-corrected chi connectivity index (χ3v) is 12.7. The quantitative estimate of drug-likeness (QED) is 0.0686. The Kier molecular flexibility index (Phi) is 14.8. The predicted octanol–water partition coefficient (Wildman–Crippen LogP) is 9.00. The number of aromatic amines is 2. The molecule has 4 N–H and O–H groups in total. The Morgan fingerprint density at radius 3 is 2.22 bits per heavy atom. The van der Waals surface area contributed by atoms with Crippen LogP contribution in [0.4, 0.5) is 9.59 Å². The highest BCUT2D eigenvalue weighted by Crippen LogP contribution is 2.43. The molecule has 6 aromatic rings. The van der Waals surface area contributed by atoms with Crippen molar-refractivity contribution in [3.63, 3.8) is 0 Å². The van der Waals surface area contributed by atoms with Gasteiger partial charge in [0.1, 0.15) is 36.1 Å². The van der Waals surface area contributed by atoms with Crippen LogP contribution in [-0.4, -0.2) is 100 Å². The summed E-state index contributed by atoms with van der Waals surface area (Å²) in [6.45, 7) is 14.8. The first-order chi connectivity index (χ1) is 32.2. The lowest BCUT2D eigenvalue weighted by atomic mass is 9.92. The van der Waals surface area contributed by atoms with E-state index in [1.165, 1.54) is 14.2 Å². The fourth-order valence-corrected chi connectivity index (χ4v) is 8.88. The Hall–Kier alpha value is -6.94. The van der Waals surface area contributed by atoms with E-state index in [9.17, 15) is 19.2 Å². The van der Waals surface area contributed by atoms with Crippen molar-refractivity contribution >= 4 is 45.8 Å². The highest BCUT2D eigenvalue weighted by Gasteiger charge is 2.36. The third kappa shape index (κ3) is 10.1. The zero-order chi connectivity index (χ0) is 48.1. The van der Waals surface area contributed by atoms with Crippen molar-refractivity contribution in [1.29, 1.82) is 0 Å². The number of aromatic nitrogens is 4. The lowest BCUT2D eigenvalue weighted by Gasteiger charge is -2.37. The molecule has 0 saturated heterocycles. The Balaban J connectivity index is 1.15. The van der Waals surface area contributed by atoms with Gasteiger partial charge in [-0.05, 0) is 90.9 Å². The van der Waals surface area contributed by atoms with Crippen molar-refractivity contribution in [3.05, 3.63) is 102 Å². The molecule has 0 saturated carbocycles. The molecule has 0 radical (unpaired) electrons. The highest BCUT2D eigenvalue weighted by molar-refractivity contribution is 6.07. The topological polar surface area (TPSA) is 193 Å². The van der Waals surface area contributed by atoms with Crippen LogP contribution in [0.5, 0.6) is 5.75 Å². The highest BCUT2D eigenvalue weighted by atomic mass is 16.5. The number of hydrogen-bond acceptors (Lipinski definition) is 10. The molecule has 7 rings (SSSR count). The first kappa shape index (κ1) is 48.0. The van der Waals surface area contributed by atoms with E-state index in [1.807, 2.05) is 78.8 Å². The molecule has 0 unspecified atom stereocenters. The minimum atomic E-state index is -0.989. The maximum Gasteiger partial charge on any atom is 0.407 e. The Labute approximate surface area is 391 Å². The van der Waals surface area contributed by atoms with E-state index in [0.29, 0.717) is 43.4 Å². The van der Waals surface area contributed by atoms with Crippen LogP contribution in [0, 0.1) is 11.8 Å². The maximum absolute atomic E-state index is 14.4. The monoisotopic (exact) mass is 914 g/mol. The fourth-order valence-electron chi connectivity index (χ4n) is 8.88. The summed E-state index contributed by atoms with van der Waals surface area (Å²) in [6, 6.07) is 20.7. The number of rotatable bonds is 17. The zero-order valence-corrected chi connectivity index (χ0v) is 39.9. The van der Waals surface area contributed by atoms with E-state index in [2.05, 4.69) is 50.9 Å². The molecule has 0 spiro atoms. The molecule has 1 aliphatic heterocycles. The molecular formula is C51H62N8O8. The van der Waals surface area contributed by atoms with Crippen LogP contribution in [0.2, 0.25) is 0 Å². The van der Waals surface area contributed by atoms with Gasteiger partial charge in [0, 0.05) is 30.6 Å². The number of nitrogens with one attached hydrogen (secondary N) is 4. The molecule has 16 nitrogen and oxygen atoms in total. The average Bonchev–Trinajstić information content (AvgIpc) is 4.02. The van der Waals surface area contributed by atoms with Crippen LogP contribution in [0.15, 0.2) is 79.0 Å². The first-order valence-corrected chi connectivity index (χ1v) is 22.8. The van der Waals surface area contributed by atoms with Gasteiger partial charge in [-0.1, -0.05) is 76.2 Å². The number of methoxy groups -OCH3 is 3. The largest absolute Gasteiger partial charge is 0.488 e. The van der Waals surface area contributed by atoms with Gasteiger partial charge in [-0.3, -0.25) is 9.59 Å². The lowest BCUT2D eigenvalue weighted by molar-refractivity contribution is -0.139. The smallest absolute Gasteiger partial charge is 0.407 e. The summed E-state index contributed by atoms with van der Waals surface area (Å²) in [4.78, 5) is 73.6.